The minimum absolute atomic E-state index is 0.0751. The highest BCUT2D eigenvalue weighted by Crippen LogP contribution is 2.27. The van der Waals surface area contributed by atoms with Crippen LogP contribution in [0, 0.1) is 0 Å². The summed E-state index contributed by atoms with van der Waals surface area (Å²) in [4.78, 5) is 10.6. The van der Waals surface area contributed by atoms with Gasteiger partial charge < -0.3 is 15.3 Å². The number of carbonyl (C=O) groups is 1. The number of aromatic carboxylic acids is 1. The number of hydrogen-bond donors (Lipinski definition) is 3. The summed E-state index contributed by atoms with van der Waals surface area (Å²) in [6.07, 6.45) is -2.22. The highest BCUT2D eigenvalue weighted by atomic mass is 32.2. The number of aliphatic hydroxyl groups is 2. The van der Waals surface area contributed by atoms with Gasteiger partial charge in [0.05, 0.1) is 12.2 Å². The number of carboxylic acids is 1. The van der Waals surface area contributed by atoms with Crippen molar-refractivity contribution in [2.24, 2.45) is 0 Å². The van der Waals surface area contributed by atoms with Crippen molar-refractivity contribution in [2.45, 2.75) is 16.4 Å². The second-order valence-corrected chi connectivity index (χ2v) is 7.13. The molecule has 100 valence electrons. The lowest BCUT2D eigenvalue weighted by atomic mass is 10.3. The number of rotatable bonds is 3. The number of thiophene rings is 1. The average Bonchev–Trinajstić information content (AvgIpc) is 2.87. The lowest BCUT2D eigenvalue weighted by Gasteiger charge is -2.13. The van der Waals surface area contributed by atoms with E-state index in [1.165, 1.54) is 12.1 Å². The van der Waals surface area contributed by atoms with Crippen LogP contribution in [0.1, 0.15) is 9.67 Å². The van der Waals surface area contributed by atoms with Gasteiger partial charge in [-0.2, -0.15) is 4.31 Å². The summed E-state index contributed by atoms with van der Waals surface area (Å²) in [7, 11) is -3.85. The zero-order valence-corrected chi connectivity index (χ0v) is 10.7. The van der Waals surface area contributed by atoms with E-state index in [2.05, 4.69) is 0 Å². The minimum atomic E-state index is -3.85. The van der Waals surface area contributed by atoms with Crippen LogP contribution in [-0.2, 0) is 10.0 Å². The zero-order valence-electron chi connectivity index (χ0n) is 9.05. The molecule has 0 aliphatic carbocycles. The first kappa shape index (κ1) is 13.4. The Balaban J connectivity index is 2.28. The summed E-state index contributed by atoms with van der Waals surface area (Å²) in [5.74, 6) is -1.19. The van der Waals surface area contributed by atoms with E-state index in [0.29, 0.717) is 11.3 Å². The standard InChI is InChI=1S/C9H11NO6S2/c11-5-3-10(4-6(5)12)18(15,16)8-2-1-7(17-8)9(13)14/h1-2,5-6,11-12H,3-4H2,(H,13,14). The molecule has 0 saturated carbocycles. The second-order valence-electron chi connectivity index (χ2n) is 3.88. The van der Waals surface area contributed by atoms with Gasteiger partial charge in [-0.25, -0.2) is 13.2 Å². The maximum Gasteiger partial charge on any atom is 0.345 e. The number of β-amino-alcohol motifs (C(OH)–C–C–N with tert-alkyl or cyclic N) is 2. The molecule has 0 aromatic carbocycles. The number of hydrogen-bond acceptors (Lipinski definition) is 6. The van der Waals surface area contributed by atoms with Crippen molar-refractivity contribution in [3.63, 3.8) is 0 Å². The molecule has 18 heavy (non-hydrogen) atoms. The molecule has 0 bridgehead atoms. The van der Waals surface area contributed by atoms with Crippen molar-refractivity contribution >= 4 is 27.3 Å². The zero-order chi connectivity index (χ0) is 13.5. The van der Waals surface area contributed by atoms with Gasteiger partial charge in [0.25, 0.3) is 10.0 Å². The van der Waals surface area contributed by atoms with Crippen LogP contribution in [0.5, 0.6) is 0 Å². The smallest absolute Gasteiger partial charge is 0.345 e. The van der Waals surface area contributed by atoms with Crippen LogP contribution in [0.25, 0.3) is 0 Å². The molecule has 7 nitrogen and oxygen atoms in total. The molecule has 1 aromatic rings. The summed E-state index contributed by atoms with van der Waals surface area (Å²) >= 11 is 0.645. The van der Waals surface area contributed by atoms with Crippen LogP contribution in [0.4, 0.5) is 0 Å². The molecule has 1 aromatic heterocycles. The number of aliphatic hydroxyl groups excluding tert-OH is 2. The lowest BCUT2D eigenvalue weighted by molar-refractivity contribution is 0.0572. The van der Waals surface area contributed by atoms with Crippen molar-refractivity contribution in [1.82, 2.24) is 4.31 Å². The molecule has 1 saturated heterocycles. The molecule has 3 N–H and O–H groups in total. The van der Waals surface area contributed by atoms with Crippen molar-refractivity contribution in [2.75, 3.05) is 13.1 Å². The third-order valence-corrected chi connectivity index (χ3v) is 5.98. The number of carboxylic acid groups (broad SMARTS) is 1. The second kappa shape index (κ2) is 4.59. The van der Waals surface area contributed by atoms with Gasteiger partial charge in [0.1, 0.15) is 9.09 Å². The average molecular weight is 293 g/mol. The van der Waals surface area contributed by atoms with E-state index >= 15 is 0 Å². The van der Waals surface area contributed by atoms with Gasteiger partial charge in [-0.15, -0.1) is 11.3 Å². The Morgan fingerprint density at radius 2 is 1.83 bits per heavy atom. The molecule has 0 amide bonds. The van der Waals surface area contributed by atoms with Gasteiger partial charge in [-0.05, 0) is 12.1 Å². The Morgan fingerprint density at radius 1 is 1.28 bits per heavy atom. The molecular weight excluding hydrogens is 282 g/mol. The van der Waals surface area contributed by atoms with Crippen LogP contribution in [0.3, 0.4) is 0 Å². The summed E-state index contributed by atoms with van der Waals surface area (Å²) in [6, 6.07) is 2.42. The first-order valence-electron chi connectivity index (χ1n) is 5.02. The largest absolute Gasteiger partial charge is 0.477 e. The van der Waals surface area contributed by atoms with Gasteiger partial charge in [0, 0.05) is 13.1 Å². The number of nitrogens with zero attached hydrogens (tertiary/aromatic N) is 1. The van der Waals surface area contributed by atoms with Crippen LogP contribution in [0.2, 0.25) is 0 Å². The van der Waals surface area contributed by atoms with Crippen molar-refractivity contribution in [1.29, 1.82) is 0 Å². The van der Waals surface area contributed by atoms with E-state index in [1.54, 1.807) is 0 Å². The topological polar surface area (TPSA) is 115 Å². The van der Waals surface area contributed by atoms with Gasteiger partial charge in [0.2, 0.25) is 0 Å². The Labute approximate surface area is 107 Å². The van der Waals surface area contributed by atoms with E-state index in [1.807, 2.05) is 0 Å². The fourth-order valence-electron chi connectivity index (χ4n) is 1.63. The maximum atomic E-state index is 12.1. The third-order valence-electron chi connectivity index (χ3n) is 2.61. The molecule has 1 fully saturated rings. The van der Waals surface area contributed by atoms with Gasteiger partial charge >= 0.3 is 5.97 Å². The lowest BCUT2D eigenvalue weighted by Crippen LogP contribution is -2.29. The molecule has 1 aliphatic rings. The Kier molecular flexibility index (Phi) is 3.43. The summed E-state index contributed by atoms with van der Waals surface area (Å²) in [5.41, 5.74) is 0. The highest BCUT2D eigenvalue weighted by Gasteiger charge is 2.38. The SMILES string of the molecule is O=C(O)c1ccc(S(=O)(=O)N2CC(O)C(O)C2)s1. The van der Waals surface area contributed by atoms with E-state index in [9.17, 15) is 23.4 Å². The van der Waals surface area contributed by atoms with E-state index in [4.69, 9.17) is 5.11 Å². The van der Waals surface area contributed by atoms with E-state index < -0.39 is 28.2 Å². The van der Waals surface area contributed by atoms with E-state index in [-0.39, 0.29) is 22.2 Å². The monoisotopic (exact) mass is 293 g/mol. The van der Waals surface area contributed by atoms with Crippen LogP contribution in [0.15, 0.2) is 16.3 Å². The Hall–Kier alpha value is -1.00. The predicted octanol–water partition coefficient (Wildman–Crippen LogP) is -0.828. The first-order chi connectivity index (χ1) is 8.32. The quantitative estimate of drug-likeness (QED) is 0.670. The molecule has 2 rings (SSSR count). The summed E-state index contributed by atoms with van der Waals surface area (Å²) < 4.78 is 25.0. The molecule has 0 spiro atoms. The third kappa shape index (κ3) is 2.27. The van der Waals surface area contributed by atoms with Crippen molar-refractivity contribution in [3.8, 4) is 0 Å². The van der Waals surface area contributed by atoms with Gasteiger partial charge in [0.15, 0.2) is 0 Å². The van der Waals surface area contributed by atoms with Crippen molar-refractivity contribution in [3.05, 3.63) is 17.0 Å². The van der Waals surface area contributed by atoms with Crippen molar-refractivity contribution < 1.29 is 28.5 Å². The Bertz CT molecular complexity index is 555. The van der Waals surface area contributed by atoms with Crippen LogP contribution in [-0.4, -0.2) is 59.3 Å². The normalized spacial score (nSPS) is 25.4. The number of sulfonamides is 1. The maximum absolute atomic E-state index is 12.1. The summed E-state index contributed by atoms with van der Waals surface area (Å²) in [5, 5.41) is 27.4. The van der Waals surface area contributed by atoms with E-state index in [0.717, 1.165) is 4.31 Å². The molecule has 2 atom stereocenters. The Morgan fingerprint density at radius 3 is 2.28 bits per heavy atom. The molecule has 2 unspecified atom stereocenters. The fraction of sp³-hybridized carbons (Fsp3) is 0.444. The molecule has 2 heterocycles. The molecule has 1 aliphatic heterocycles. The van der Waals surface area contributed by atoms with Gasteiger partial charge in [-0.1, -0.05) is 0 Å². The van der Waals surface area contributed by atoms with Gasteiger partial charge in [-0.3, -0.25) is 0 Å². The minimum Gasteiger partial charge on any atom is -0.477 e. The van der Waals surface area contributed by atoms with Crippen LogP contribution < -0.4 is 0 Å². The highest BCUT2D eigenvalue weighted by molar-refractivity contribution is 7.91. The molecule has 0 radical (unpaired) electrons. The van der Waals surface area contributed by atoms with Crippen LogP contribution >= 0.6 is 11.3 Å². The first-order valence-corrected chi connectivity index (χ1v) is 7.27. The molecular formula is C9H11NO6S2. The summed E-state index contributed by atoms with van der Waals surface area (Å²) in [6.45, 7) is -0.381. The molecule has 9 heteroatoms. The fourth-order valence-corrected chi connectivity index (χ4v) is 4.41. The predicted molar refractivity (Wildman–Crippen MR) is 62.1 cm³/mol.